The number of nitrogens with zero attached hydrogens (tertiary/aromatic N) is 2. The van der Waals surface area contributed by atoms with Gasteiger partial charge < -0.3 is 14.4 Å². The molecule has 0 saturated carbocycles. The van der Waals surface area contributed by atoms with Crippen molar-refractivity contribution >= 4 is 27.5 Å². The molecular formula is C22H27ClN2O6S. The molecule has 1 aliphatic heterocycles. The van der Waals surface area contributed by atoms with Gasteiger partial charge in [0.05, 0.1) is 15.6 Å². The van der Waals surface area contributed by atoms with E-state index in [2.05, 4.69) is 0 Å². The van der Waals surface area contributed by atoms with Crippen molar-refractivity contribution in [2.45, 2.75) is 50.2 Å². The van der Waals surface area contributed by atoms with E-state index in [4.69, 9.17) is 21.1 Å². The average Bonchev–Trinajstić information content (AvgIpc) is 2.67. The number of aromatic nitrogens is 1. The number of benzene rings is 1. The minimum atomic E-state index is -3.40. The van der Waals surface area contributed by atoms with Crippen LogP contribution in [-0.4, -0.2) is 55.0 Å². The van der Waals surface area contributed by atoms with Crippen molar-refractivity contribution in [1.82, 2.24) is 9.47 Å². The predicted octanol–water partition coefficient (Wildman–Crippen LogP) is 3.67. The lowest BCUT2D eigenvalue weighted by Crippen LogP contribution is -2.44. The molecule has 0 bridgehead atoms. The van der Waals surface area contributed by atoms with Crippen LogP contribution in [0.15, 0.2) is 46.2 Å². The lowest BCUT2D eigenvalue weighted by atomic mass is 10.1. The van der Waals surface area contributed by atoms with Crippen molar-refractivity contribution in [2.75, 3.05) is 19.3 Å². The number of pyridine rings is 1. The summed E-state index contributed by atoms with van der Waals surface area (Å²) >= 11 is 6.22. The highest BCUT2D eigenvalue weighted by molar-refractivity contribution is 7.90. The maximum atomic E-state index is 12.6. The minimum absolute atomic E-state index is 0.0805. The van der Waals surface area contributed by atoms with E-state index in [-0.39, 0.29) is 27.7 Å². The van der Waals surface area contributed by atoms with Crippen molar-refractivity contribution in [3.63, 3.8) is 0 Å². The summed E-state index contributed by atoms with van der Waals surface area (Å²) < 4.78 is 36.0. The van der Waals surface area contributed by atoms with Crippen LogP contribution in [0.4, 0.5) is 4.79 Å². The summed E-state index contributed by atoms with van der Waals surface area (Å²) in [4.78, 5) is 26.5. The van der Waals surface area contributed by atoms with Crippen LogP contribution in [0.5, 0.6) is 5.75 Å². The normalized spacial score (nSPS) is 15.5. The monoisotopic (exact) mass is 482 g/mol. The third-order valence-electron chi connectivity index (χ3n) is 4.89. The predicted molar refractivity (Wildman–Crippen MR) is 122 cm³/mol. The average molecular weight is 483 g/mol. The highest BCUT2D eigenvalue weighted by Gasteiger charge is 2.27. The second-order valence-electron chi connectivity index (χ2n) is 8.74. The number of piperidine rings is 1. The zero-order valence-corrected chi connectivity index (χ0v) is 20.1. The Balaban J connectivity index is 1.66. The number of sulfone groups is 1. The number of likely N-dealkylation sites (tertiary alicyclic amines) is 1. The Labute approximate surface area is 192 Å². The Morgan fingerprint density at radius 3 is 2.31 bits per heavy atom. The first-order valence-corrected chi connectivity index (χ1v) is 12.5. The fourth-order valence-corrected chi connectivity index (χ4v) is 4.31. The molecule has 1 fully saturated rings. The number of amides is 1. The molecule has 1 saturated heterocycles. The Hall–Kier alpha value is -2.52. The molecule has 10 heteroatoms. The van der Waals surface area contributed by atoms with Crippen molar-refractivity contribution in [2.24, 2.45) is 0 Å². The van der Waals surface area contributed by atoms with Gasteiger partial charge in [-0.1, -0.05) is 11.6 Å². The summed E-state index contributed by atoms with van der Waals surface area (Å²) in [7, 11) is -3.40. The van der Waals surface area contributed by atoms with Gasteiger partial charge in [0, 0.05) is 44.5 Å². The van der Waals surface area contributed by atoms with E-state index in [0.717, 1.165) is 6.26 Å². The molecule has 0 atom stereocenters. The molecule has 1 aromatic heterocycles. The van der Waals surface area contributed by atoms with Gasteiger partial charge >= 0.3 is 6.09 Å². The Morgan fingerprint density at radius 1 is 1.12 bits per heavy atom. The molecule has 3 rings (SSSR count). The number of hydrogen-bond donors (Lipinski definition) is 0. The van der Waals surface area contributed by atoms with Crippen LogP contribution >= 0.6 is 11.6 Å². The summed E-state index contributed by atoms with van der Waals surface area (Å²) in [6.45, 7) is 6.51. The quantitative estimate of drug-likeness (QED) is 0.659. The molecule has 2 heterocycles. The molecule has 0 spiro atoms. The largest absolute Gasteiger partial charge is 0.490 e. The van der Waals surface area contributed by atoms with Crippen LogP contribution in [0.1, 0.15) is 33.6 Å². The van der Waals surface area contributed by atoms with Crippen molar-refractivity contribution in [1.29, 1.82) is 0 Å². The fourth-order valence-electron chi connectivity index (χ4n) is 3.32. The van der Waals surface area contributed by atoms with E-state index in [1.54, 1.807) is 11.0 Å². The summed E-state index contributed by atoms with van der Waals surface area (Å²) in [5.74, 6) is 0.422. The van der Waals surface area contributed by atoms with Crippen LogP contribution in [0.25, 0.3) is 5.69 Å². The smallest absolute Gasteiger partial charge is 0.410 e. The zero-order chi connectivity index (χ0) is 23.7. The van der Waals surface area contributed by atoms with Crippen LogP contribution in [0.3, 0.4) is 0 Å². The molecular weight excluding hydrogens is 456 g/mol. The molecule has 1 amide bonds. The summed E-state index contributed by atoms with van der Waals surface area (Å²) in [5, 5.41) is 0.151. The van der Waals surface area contributed by atoms with Gasteiger partial charge in [-0.2, -0.15) is 0 Å². The molecule has 174 valence electrons. The number of ether oxygens (including phenoxy) is 2. The Morgan fingerprint density at radius 2 is 1.78 bits per heavy atom. The van der Waals surface area contributed by atoms with Gasteiger partial charge in [0.2, 0.25) is 0 Å². The second-order valence-corrected chi connectivity index (χ2v) is 11.2. The third kappa shape index (κ3) is 6.04. The van der Waals surface area contributed by atoms with Crippen LogP contribution in [0, 0.1) is 0 Å². The van der Waals surface area contributed by atoms with E-state index < -0.39 is 15.4 Å². The van der Waals surface area contributed by atoms with Crippen LogP contribution in [-0.2, 0) is 14.6 Å². The topological polar surface area (TPSA) is 94.9 Å². The van der Waals surface area contributed by atoms with Gasteiger partial charge in [-0.15, -0.1) is 0 Å². The molecule has 0 N–H and O–H groups in total. The van der Waals surface area contributed by atoms with Gasteiger partial charge in [0.1, 0.15) is 17.5 Å². The Bertz CT molecular complexity index is 1160. The summed E-state index contributed by atoms with van der Waals surface area (Å²) in [5.41, 5.74) is -0.522. The molecule has 0 aliphatic carbocycles. The first kappa shape index (κ1) is 24.1. The van der Waals surface area contributed by atoms with Crippen molar-refractivity contribution < 1.29 is 22.7 Å². The fraction of sp³-hybridized carbons (Fsp3) is 0.455. The van der Waals surface area contributed by atoms with E-state index in [0.29, 0.717) is 37.4 Å². The molecule has 1 aliphatic rings. The number of halogens is 1. The minimum Gasteiger partial charge on any atom is -0.490 e. The van der Waals surface area contributed by atoms with Gasteiger partial charge in [-0.3, -0.25) is 9.36 Å². The van der Waals surface area contributed by atoms with Gasteiger partial charge in [0.25, 0.3) is 5.56 Å². The first-order chi connectivity index (χ1) is 14.8. The highest BCUT2D eigenvalue weighted by Crippen LogP contribution is 2.25. The SMILES string of the molecule is CC(C)(C)OC(=O)N1CCC(Oc2ccn(-c3ccc(S(C)(=O)=O)cc3Cl)c(=O)c2)CC1. The molecule has 0 radical (unpaired) electrons. The number of carbonyl (C=O) groups is 1. The zero-order valence-electron chi connectivity index (χ0n) is 18.5. The van der Waals surface area contributed by atoms with Crippen molar-refractivity contribution in [3.05, 3.63) is 51.9 Å². The van der Waals surface area contributed by atoms with Gasteiger partial charge in [-0.05, 0) is 45.0 Å². The van der Waals surface area contributed by atoms with E-state index in [1.807, 2.05) is 20.8 Å². The van der Waals surface area contributed by atoms with Crippen molar-refractivity contribution in [3.8, 4) is 11.4 Å². The maximum Gasteiger partial charge on any atom is 0.410 e. The lowest BCUT2D eigenvalue weighted by Gasteiger charge is -2.33. The molecule has 2 aromatic rings. The van der Waals surface area contributed by atoms with Gasteiger partial charge in [0.15, 0.2) is 9.84 Å². The molecule has 1 aromatic carbocycles. The lowest BCUT2D eigenvalue weighted by molar-refractivity contribution is 0.0126. The number of carbonyl (C=O) groups excluding carboxylic acids is 1. The van der Waals surface area contributed by atoms with Gasteiger partial charge in [-0.25, -0.2) is 13.2 Å². The first-order valence-electron chi connectivity index (χ1n) is 10.2. The second kappa shape index (κ2) is 9.15. The van der Waals surface area contributed by atoms with E-state index >= 15 is 0 Å². The van der Waals surface area contributed by atoms with E-state index in [1.165, 1.54) is 35.0 Å². The summed E-state index contributed by atoms with van der Waals surface area (Å²) in [6.07, 6.45) is 3.42. The highest BCUT2D eigenvalue weighted by atomic mass is 35.5. The van der Waals surface area contributed by atoms with E-state index in [9.17, 15) is 18.0 Å². The van der Waals surface area contributed by atoms with Crippen LogP contribution in [0.2, 0.25) is 5.02 Å². The maximum absolute atomic E-state index is 12.6. The number of hydrogen-bond acceptors (Lipinski definition) is 6. The Kier molecular flexibility index (Phi) is 6.90. The molecule has 0 unspecified atom stereocenters. The van der Waals surface area contributed by atoms with Crippen LogP contribution < -0.4 is 10.3 Å². The molecule has 32 heavy (non-hydrogen) atoms. The standard InChI is InChI=1S/C22H27ClN2O6S/c1-22(2,3)31-21(27)24-10-7-15(8-11-24)30-16-9-12-25(20(26)13-16)19-6-5-17(14-18(19)23)32(4,28)29/h5-6,9,12-15H,7-8,10-11H2,1-4H3. The molecule has 8 nitrogen and oxygen atoms in total. The summed E-state index contributed by atoms with van der Waals surface area (Å²) in [6, 6.07) is 7.24. The third-order valence-corrected chi connectivity index (χ3v) is 6.31. The number of rotatable bonds is 4.